The van der Waals surface area contributed by atoms with E-state index in [0.29, 0.717) is 19.4 Å². The van der Waals surface area contributed by atoms with Crippen molar-refractivity contribution in [2.24, 2.45) is 0 Å². The molecule has 0 saturated heterocycles. The standard InChI is InChI=1S/C25H34N2O2S/c1-4-20(3)26-25(29)23(5-2)27(18-21-12-8-6-9-13-21)24(28)16-17-30-19-22-14-10-7-11-15-22/h6-15,20,23H,4-5,16-19H2,1-3H3,(H,26,29)/t20-,23-/m0/s1. The van der Waals surface area contributed by atoms with Crippen LogP contribution in [0.15, 0.2) is 60.7 Å². The number of carbonyl (C=O) groups excluding carboxylic acids is 2. The molecule has 2 atom stereocenters. The molecule has 0 aromatic heterocycles. The van der Waals surface area contributed by atoms with Crippen LogP contribution in [-0.4, -0.2) is 34.6 Å². The molecule has 0 aliphatic carbocycles. The minimum absolute atomic E-state index is 0.0329. The van der Waals surface area contributed by atoms with Gasteiger partial charge >= 0.3 is 0 Å². The van der Waals surface area contributed by atoms with Gasteiger partial charge in [0.05, 0.1) is 0 Å². The number of thioether (sulfide) groups is 1. The molecule has 0 fully saturated rings. The number of amides is 2. The molecule has 4 nitrogen and oxygen atoms in total. The summed E-state index contributed by atoms with van der Waals surface area (Å²) in [6, 6.07) is 19.8. The van der Waals surface area contributed by atoms with Gasteiger partial charge in [0.2, 0.25) is 11.8 Å². The fourth-order valence-corrected chi connectivity index (χ4v) is 4.10. The van der Waals surface area contributed by atoms with Gasteiger partial charge in [0, 0.05) is 30.5 Å². The zero-order valence-electron chi connectivity index (χ0n) is 18.3. The molecule has 162 valence electrons. The van der Waals surface area contributed by atoms with Crippen LogP contribution in [-0.2, 0) is 21.9 Å². The lowest BCUT2D eigenvalue weighted by atomic mass is 10.1. The number of benzene rings is 2. The average Bonchev–Trinajstić information content (AvgIpc) is 2.77. The molecule has 0 aliphatic heterocycles. The molecule has 0 aliphatic rings. The average molecular weight is 427 g/mol. The molecule has 0 spiro atoms. The molecule has 0 unspecified atom stereocenters. The van der Waals surface area contributed by atoms with Gasteiger partial charge < -0.3 is 10.2 Å². The molecule has 0 radical (unpaired) electrons. The Labute approximate surface area is 185 Å². The first-order valence-electron chi connectivity index (χ1n) is 10.8. The third-order valence-electron chi connectivity index (χ3n) is 5.15. The second-order valence-electron chi connectivity index (χ2n) is 7.54. The van der Waals surface area contributed by atoms with Gasteiger partial charge in [0.25, 0.3) is 0 Å². The molecule has 1 N–H and O–H groups in total. The summed E-state index contributed by atoms with van der Waals surface area (Å²) in [5, 5.41) is 3.05. The molecular weight excluding hydrogens is 392 g/mol. The van der Waals surface area contributed by atoms with E-state index in [1.165, 1.54) is 5.56 Å². The van der Waals surface area contributed by atoms with E-state index in [2.05, 4.69) is 17.4 Å². The van der Waals surface area contributed by atoms with E-state index in [1.807, 2.05) is 69.3 Å². The predicted molar refractivity (Wildman–Crippen MR) is 126 cm³/mol. The normalized spacial score (nSPS) is 12.8. The summed E-state index contributed by atoms with van der Waals surface area (Å²) < 4.78 is 0. The zero-order valence-corrected chi connectivity index (χ0v) is 19.2. The first kappa shape index (κ1) is 24.0. The van der Waals surface area contributed by atoms with Crippen LogP contribution in [0.5, 0.6) is 0 Å². The molecule has 30 heavy (non-hydrogen) atoms. The van der Waals surface area contributed by atoms with Gasteiger partial charge in [0.1, 0.15) is 6.04 Å². The summed E-state index contributed by atoms with van der Waals surface area (Å²) in [5.41, 5.74) is 2.30. The zero-order chi connectivity index (χ0) is 21.8. The number of carbonyl (C=O) groups is 2. The SMILES string of the molecule is CC[C@H](C)NC(=O)[C@H](CC)N(Cc1ccccc1)C(=O)CCSCc1ccccc1. The van der Waals surface area contributed by atoms with Crippen LogP contribution in [0.1, 0.15) is 51.2 Å². The smallest absolute Gasteiger partial charge is 0.243 e. The maximum Gasteiger partial charge on any atom is 0.243 e. The van der Waals surface area contributed by atoms with Gasteiger partial charge in [-0.25, -0.2) is 0 Å². The van der Waals surface area contributed by atoms with Gasteiger partial charge in [-0.3, -0.25) is 9.59 Å². The van der Waals surface area contributed by atoms with E-state index >= 15 is 0 Å². The van der Waals surface area contributed by atoms with Crippen molar-refractivity contribution in [3.05, 3.63) is 71.8 Å². The third kappa shape index (κ3) is 7.86. The van der Waals surface area contributed by atoms with Crippen LogP contribution < -0.4 is 5.32 Å². The first-order chi connectivity index (χ1) is 14.5. The van der Waals surface area contributed by atoms with E-state index in [1.54, 1.807) is 16.7 Å². The Balaban J connectivity index is 2.03. The molecule has 2 amide bonds. The Morgan fingerprint density at radius 1 is 0.933 bits per heavy atom. The van der Waals surface area contributed by atoms with E-state index < -0.39 is 6.04 Å². The van der Waals surface area contributed by atoms with Crippen molar-refractivity contribution in [2.75, 3.05) is 5.75 Å². The Hall–Kier alpha value is -2.27. The monoisotopic (exact) mass is 426 g/mol. The molecule has 0 heterocycles. The van der Waals surface area contributed by atoms with Crippen molar-refractivity contribution >= 4 is 23.6 Å². The highest BCUT2D eigenvalue weighted by Crippen LogP contribution is 2.17. The summed E-state index contributed by atoms with van der Waals surface area (Å²) in [6.07, 6.45) is 1.89. The summed E-state index contributed by atoms with van der Waals surface area (Å²) in [7, 11) is 0. The fraction of sp³-hybridized carbons (Fsp3) is 0.440. The Kier molecular flexibility index (Phi) is 10.5. The highest BCUT2D eigenvalue weighted by atomic mass is 32.2. The minimum atomic E-state index is -0.453. The van der Waals surface area contributed by atoms with Crippen molar-refractivity contribution < 1.29 is 9.59 Å². The van der Waals surface area contributed by atoms with Crippen molar-refractivity contribution in [2.45, 2.75) is 64.4 Å². The molecule has 2 aromatic rings. The van der Waals surface area contributed by atoms with Gasteiger partial charge in [-0.1, -0.05) is 74.5 Å². The van der Waals surface area contributed by atoms with Crippen LogP contribution in [0.2, 0.25) is 0 Å². The van der Waals surface area contributed by atoms with Gasteiger partial charge in [-0.05, 0) is 30.9 Å². The number of rotatable bonds is 12. The highest BCUT2D eigenvalue weighted by molar-refractivity contribution is 7.98. The van der Waals surface area contributed by atoms with Crippen molar-refractivity contribution in [1.29, 1.82) is 0 Å². The second kappa shape index (κ2) is 13.1. The third-order valence-corrected chi connectivity index (χ3v) is 6.18. The van der Waals surface area contributed by atoms with Crippen LogP contribution in [0, 0.1) is 0 Å². The minimum Gasteiger partial charge on any atom is -0.352 e. The number of hydrogen-bond donors (Lipinski definition) is 1. The van der Waals surface area contributed by atoms with Crippen molar-refractivity contribution in [3.8, 4) is 0 Å². The van der Waals surface area contributed by atoms with Gasteiger partial charge in [-0.15, -0.1) is 0 Å². The lowest BCUT2D eigenvalue weighted by Crippen LogP contribution is -2.50. The predicted octanol–water partition coefficient (Wildman–Crippen LogP) is 5.03. The van der Waals surface area contributed by atoms with E-state index in [-0.39, 0.29) is 17.9 Å². The van der Waals surface area contributed by atoms with Crippen LogP contribution >= 0.6 is 11.8 Å². The molecule has 2 aromatic carbocycles. The first-order valence-corrected chi connectivity index (χ1v) is 12.0. The Morgan fingerprint density at radius 3 is 2.10 bits per heavy atom. The molecule has 2 rings (SSSR count). The van der Waals surface area contributed by atoms with E-state index in [0.717, 1.165) is 23.5 Å². The number of hydrogen-bond acceptors (Lipinski definition) is 3. The molecule has 0 saturated carbocycles. The second-order valence-corrected chi connectivity index (χ2v) is 8.64. The summed E-state index contributed by atoms with van der Waals surface area (Å²) in [6.45, 7) is 6.46. The van der Waals surface area contributed by atoms with Crippen LogP contribution in [0.4, 0.5) is 0 Å². The number of nitrogens with zero attached hydrogens (tertiary/aromatic N) is 1. The summed E-state index contributed by atoms with van der Waals surface area (Å²) in [5.74, 6) is 1.60. The lowest BCUT2D eigenvalue weighted by Gasteiger charge is -2.31. The maximum atomic E-state index is 13.2. The van der Waals surface area contributed by atoms with Crippen molar-refractivity contribution in [1.82, 2.24) is 10.2 Å². The molecular formula is C25H34N2O2S. The fourth-order valence-electron chi connectivity index (χ4n) is 3.21. The summed E-state index contributed by atoms with van der Waals surface area (Å²) >= 11 is 1.75. The quantitative estimate of drug-likeness (QED) is 0.484. The molecule has 0 bridgehead atoms. The van der Waals surface area contributed by atoms with Crippen LogP contribution in [0.25, 0.3) is 0 Å². The van der Waals surface area contributed by atoms with E-state index in [4.69, 9.17) is 0 Å². The topological polar surface area (TPSA) is 49.4 Å². The summed E-state index contributed by atoms with van der Waals surface area (Å²) in [4.78, 5) is 27.8. The van der Waals surface area contributed by atoms with E-state index in [9.17, 15) is 9.59 Å². The van der Waals surface area contributed by atoms with Crippen LogP contribution in [0.3, 0.4) is 0 Å². The number of nitrogens with one attached hydrogen (secondary N) is 1. The lowest BCUT2D eigenvalue weighted by molar-refractivity contribution is -0.141. The highest BCUT2D eigenvalue weighted by Gasteiger charge is 2.28. The Morgan fingerprint density at radius 2 is 1.53 bits per heavy atom. The maximum absolute atomic E-state index is 13.2. The van der Waals surface area contributed by atoms with Crippen molar-refractivity contribution in [3.63, 3.8) is 0 Å². The van der Waals surface area contributed by atoms with Gasteiger partial charge in [-0.2, -0.15) is 11.8 Å². The molecule has 5 heteroatoms. The largest absolute Gasteiger partial charge is 0.352 e. The van der Waals surface area contributed by atoms with Gasteiger partial charge in [0.15, 0.2) is 0 Å². The Bertz CT molecular complexity index is 767.